The van der Waals surface area contributed by atoms with Gasteiger partial charge in [0, 0.05) is 11.4 Å². The minimum atomic E-state index is -3.64. The van der Waals surface area contributed by atoms with Gasteiger partial charge in [0.15, 0.2) is 0 Å². The van der Waals surface area contributed by atoms with Gasteiger partial charge in [-0.05, 0) is 43.2 Å². The molecular weight excluding hydrogens is 308 g/mol. The van der Waals surface area contributed by atoms with Crippen molar-refractivity contribution in [2.75, 3.05) is 11.8 Å². The Labute approximate surface area is 128 Å². The van der Waals surface area contributed by atoms with Gasteiger partial charge in [0.25, 0.3) is 10.0 Å². The van der Waals surface area contributed by atoms with Gasteiger partial charge in [0.1, 0.15) is 9.96 Å². The molecule has 2 aromatic rings. The lowest BCUT2D eigenvalue weighted by Crippen LogP contribution is -2.12. The molecule has 21 heavy (non-hydrogen) atoms. The molecule has 2 rings (SSSR count). The highest BCUT2D eigenvalue weighted by atomic mass is 32.2. The number of hydrogen-bond acceptors (Lipinski definition) is 5. The Morgan fingerprint density at radius 3 is 2.57 bits per heavy atom. The molecule has 3 N–H and O–H groups in total. The van der Waals surface area contributed by atoms with E-state index in [-0.39, 0.29) is 4.21 Å². The minimum absolute atomic E-state index is 0.254. The predicted molar refractivity (Wildman–Crippen MR) is 85.5 cm³/mol. The van der Waals surface area contributed by atoms with Crippen LogP contribution in [0.1, 0.15) is 16.0 Å². The highest BCUT2D eigenvalue weighted by Crippen LogP contribution is 2.31. The van der Waals surface area contributed by atoms with E-state index in [4.69, 9.17) is 10.5 Å². The van der Waals surface area contributed by atoms with E-state index in [1.807, 2.05) is 19.9 Å². The summed E-state index contributed by atoms with van der Waals surface area (Å²) in [6.07, 6.45) is 0. The number of methoxy groups -OCH3 is 1. The van der Waals surface area contributed by atoms with E-state index in [9.17, 15) is 8.42 Å². The Hall–Kier alpha value is -1.57. The summed E-state index contributed by atoms with van der Waals surface area (Å²) >= 11 is 1.19. The summed E-state index contributed by atoms with van der Waals surface area (Å²) in [7, 11) is -2.14. The van der Waals surface area contributed by atoms with Crippen molar-refractivity contribution < 1.29 is 13.2 Å². The maximum absolute atomic E-state index is 12.5. The average Bonchev–Trinajstić information content (AvgIpc) is 2.81. The van der Waals surface area contributed by atoms with Crippen molar-refractivity contribution in [3.8, 4) is 5.75 Å². The smallest absolute Gasteiger partial charge is 0.271 e. The molecule has 0 aliphatic carbocycles. The Bertz CT molecular complexity index is 752. The first-order chi connectivity index (χ1) is 9.87. The zero-order chi connectivity index (χ0) is 15.6. The summed E-state index contributed by atoms with van der Waals surface area (Å²) in [6, 6.07) is 6.97. The van der Waals surface area contributed by atoms with Gasteiger partial charge < -0.3 is 10.5 Å². The fourth-order valence-electron chi connectivity index (χ4n) is 1.92. The largest absolute Gasteiger partial charge is 0.495 e. The van der Waals surface area contributed by atoms with Crippen molar-refractivity contribution in [2.45, 2.75) is 24.6 Å². The molecule has 0 unspecified atom stereocenters. The van der Waals surface area contributed by atoms with Crippen molar-refractivity contribution in [3.63, 3.8) is 0 Å². The van der Waals surface area contributed by atoms with Crippen LogP contribution in [0.15, 0.2) is 28.5 Å². The first-order valence-corrected chi connectivity index (χ1v) is 8.64. The van der Waals surface area contributed by atoms with Crippen LogP contribution in [0.5, 0.6) is 5.75 Å². The molecule has 0 atom stereocenters. The normalized spacial score (nSPS) is 11.4. The molecule has 0 saturated carbocycles. The van der Waals surface area contributed by atoms with Gasteiger partial charge in [0.2, 0.25) is 0 Å². The quantitative estimate of drug-likeness (QED) is 0.885. The number of hydrogen-bond donors (Lipinski definition) is 2. The van der Waals surface area contributed by atoms with E-state index in [1.165, 1.54) is 18.4 Å². The van der Waals surface area contributed by atoms with Crippen LogP contribution < -0.4 is 15.2 Å². The maximum atomic E-state index is 12.5. The third kappa shape index (κ3) is 3.37. The highest BCUT2D eigenvalue weighted by molar-refractivity contribution is 7.94. The molecule has 0 radical (unpaired) electrons. The summed E-state index contributed by atoms with van der Waals surface area (Å²) in [5.41, 5.74) is 7.86. The van der Waals surface area contributed by atoms with Crippen molar-refractivity contribution in [3.05, 3.63) is 40.3 Å². The van der Waals surface area contributed by atoms with Crippen LogP contribution in [0.2, 0.25) is 0 Å². The summed E-state index contributed by atoms with van der Waals surface area (Å²) in [5.74, 6) is 0.483. The third-order valence-electron chi connectivity index (χ3n) is 3.05. The summed E-state index contributed by atoms with van der Waals surface area (Å²) in [4.78, 5) is 0.867. The Kier molecular flexibility index (Phi) is 4.55. The van der Waals surface area contributed by atoms with Gasteiger partial charge in [-0.25, -0.2) is 8.42 Å². The number of anilines is 1. The van der Waals surface area contributed by atoms with Crippen LogP contribution in [0.3, 0.4) is 0 Å². The molecule has 0 aliphatic rings. The van der Waals surface area contributed by atoms with Crippen molar-refractivity contribution >= 4 is 27.0 Å². The number of sulfonamides is 1. The van der Waals surface area contributed by atoms with Gasteiger partial charge in [-0.2, -0.15) is 0 Å². The fourth-order valence-corrected chi connectivity index (χ4v) is 4.45. The fraction of sp³-hybridized carbons (Fsp3) is 0.286. The second-order valence-corrected chi connectivity index (χ2v) is 7.73. The summed E-state index contributed by atoms with van der Waals surface area (Å²) < 4.78 is 32.9. The van der Waals surface area contributed by atoms with E-state index in [2.05, 4.69) is 4.72 Å². The summed E-state index contributed by atoms with van der Waals surface area (Å²) in [5, 5.41) is 0. The van der Waals surface area contributed by atoms with Gasteiger partial charge in [0.05, 0.1) is 12.8 Å². The number of benzene rings is 1. The zero-order valence-electron chi connectivity index (χ0n) is 12.1. The van der Waals surface area contributed by atoms with Crippen LogP contribution in [-0.2, 0) is 16.6 Å². The summed E-state index contributed by atoms with van der Waals surface area (Å²) in [6.45, 7) is 4.07. The predicted octanol–water partition coefficient (Wildman–Crippen LogP) is 2.63. The van der Waals surface area contributed by atoms with Gasteiger partial charge in [-0.3, -0.25) is 4.72 Å². The first kappa shape index (κ1) is 15.8. The molecule has 1 aromatic carbocycles. The molecule has 114 valence electrons. The molecule has 1 heterocycles. The van der Waals surface area contributed by atoms with E-state index < -0.39 is 10.0 Å². The van der Waals surface area contributed by atoms with Crippen LogP contribution in [0.25, 0.3) is 0 Å². The number of nitrogens with one attached hydrogen (secondary N) is 1. The van der Waals surface area contributed by atoms with Crippen molar-refractivity contribution in [2.24, 2.45) is 5.73 Å². The zero-order valence-corrected chi connectivity index (χ0v) is 13.8. The molecule has 0 saturated heterocycles. The Balaban J connectivity index is 2.39. The number of rotatable bonds is 5. The lowest BCUT2D eigenvalue weighted by Gasteiger charge is -2.11. The first-order valence-electron chi connectivity index (χ1n) is 6.34. The van der Waals surface area contributed by atoms with Crippen LogP contribution in [0, 0.1) is 13.8 Å². The van der Waals surface area contributed by atoms with Crippen molar-refractivity contribution in [1.29, 1.82) is 0 Å². The molecular formula is C14H18N2O3S2. The van der Waals surface area contributed by atoms with E-state index in [0.29, 0.717) is 18.0 Å². The third-order valence-corrected chi connectivity index (χ3v) is 6.15. The van der Waals surface area contributed by atoms with Crippen LogP contribution in [-0.4, -0.2) is 15.5 Å². The second-order valence-electron chi connectivity index (χ2n) is 4.68. The second kappa shape index (κ2) is 6.05. The molecule has 0 fully saturated rings. The molecule has 0 spiro atoms. The lowest BCUT2D eigenvalue weighted by molar-refractivity contribution is 0.417. The minimum Gasteiger partial charge on any atom is -0.495 e. The standard InChI is InChI=1S/C14H18N2O3S2/c1-9-4-5-12(19-3)11(6-9)16-21(17,18)14-7-10(2)13(8-15)20-14/h4-7,16H,8,15H2,1-3H3. The van der Waals surface area contributed by atoms with Gasteiger partial charge >= 0.3 is 0 Å². The number of nitrogens with two attached hydrogens (primary N) is 1. The molecule has 5 nitrogen and oxygen atoms in total. The average molecular weight is 326 g/mol. The number of aryl methyl sites for hydroxylation is 2. The molecule has 0 bridgehead atoms. The highest BCUT2D eigenvalue weighted by Gasteiger charge is 2.20. The van der Waals surface area contributed by atoms with E-state index >= 15 is 0 Å². The molecule has 1 aromatic heterocycles. The Morgan fingerprint density at radius 1 is 1.29 bits per heavy atom. The maximum Gasteiger partial charge on any atom is 0.271 e. The Morgan fingerprint density at radius 2 is 2.00 bits per heavy atom. The number of thiophene rings is 1. The molecule has 0 amide bonds. The van der Waals surface area contributed by atoms with E-state index in [0.717, 1.165) is 16.0 Å². The van der Waals surface area contributed by atoms with Crippen molar-refractivity contribution in [1.82, 2.24) is 0 Å². The monoisotopic (exact) mass is 326 g/mol. The van der Waals surface area contributed by atoms with Crippen LogP contribution in [0.4, 0.5) is 5.69 Å². The number of ether oxygens (including phenoxy) is 1. The topological polar surface area (TPSA) is 81.4 Å². The van der Waals surface area contributed by atoms with Gasteiger partial charge in [-0.15, -0.1) is 11.3 Å². The lowest BCUT2D eigenvalue weighted by atomic mass is 10.2. The molecule has 7 heteroatoms. The van der Waals surface area contributed by atoms with Gasteiger partial charge in [-0.1, -0.05) is 6.07 Å². The SMILES string of the molecule is COc1ccc(C)cc1NS(=O)(=O)c1cc(C)c(CN)s1. The molecule has 0 aliphatic heterocycles. The van der Waals surface area contributed by atoms with E-state index in [1.54, 1.807) is 18.2 Å². The van der Waals surface area contributed by atoms with Crippen LogP contribution >= 0.6 is 11.3 Å².